The zero-order valence-electron chi connectivity index (χ0n) is 5.11. The van der Waals surface area contributed by atoms with Crippen molar-refractivity contribution in [3.05, 3.63) is 0 Å². The molecule has 0 fully saturated rings. The molecular weight excluding hydrogens is 313 g/mol. The van der Waals surface area contributed by atoms with E-state index in [1.54, 1.807) is 0 Å². The second-order valence-corrected chi connectivity index (χ2v) is 6.20. The molecule has 4 N–H and O–H groups in total. The van der Waals surface area contributed by atoms with Crippen molar-refractivity contribution in [2.45, 2.75) is 0 Å². The zero-order chi connectivity index (χ0) is 7.33. The van der Waals surface area contributed by atoms with Crippen LogP contribution in [0.15, 0.2) is 0 Å². The van der Waals surface area contributed by atoms with Crippen LogP contribution in [-0.2, 0) is 16.1 Å². The summed E-state index contributed by atoms with van der Waals surface area (Å²) < 4.78 is 5.85. The Morgan fingerprint density at radius 3 is 0.900 bits per heavy atom. The summed E-state index contributed by atoms with van der Waals surface area (Å²) in [5.74, 6) is 0. The maximum absolute atomic E-state index is 8.14. The largest absolute Gasteiger partial charge is 0.369 e. The van der Waals surface area contributed by atoms with Gasteiger partial charge in [0, 0.05) is 0 Å². The van der Waals surface area contributed by atoms with Gasteiger partial charge in [-0.3, -0.25) is 0 Å². The molecule has 55 valence electrons. The molecule has 0 spiro atoms. The molecule has 0 aromatic rings. The average molecular weight is 317 g/mol. The van der Waals surface area contributed by atoms with Crippen molar-refractivity contribution in [2.24, 2.45) is 0 Å². The van der Waals surface area contributed by atoms with Crippen LogP contribution in [0.1, 0.15) is 0 Å². The first-order valence-corrected chi connectivity index (χ1v) is 6.07. The van der Waals surface area contributed by atoms with Gasteiger partial charge in [-0.2, -0.15) is 0 Å². The minimum Gasteiger partial charge on any atom is -0.369 e. The third kappa shape index (κ3) is 1.85. The molecule has 0 aromatic heterocycles. The van der Waals surface area contributed by atoms with E-state index in [4.69, 9.17) is 21.0 Å². The zero-order valence-corrected chi connectivity index (χ0v) is 7.38. The van der Waals surface area contributed by atoms with E-state index in [2.05, 4.69) is 0 Å². The summed E-state index contributed by atoms with van der Waals surface area (Å²) in [6, 6.07) is 0. The Balaban J connectivity index is 0. The van der Waals surface area contributed by atoms with Crippen molar-refractivity contribution >= 4 is 0 Å². The van der Waals surface area contributed by atoms with Crippen molar-refractivity contribution in [3.8, 4) is 17.8 Å². The third-order valence-electron chi connectivity index (χ3n) is 0.424. The molecule has 0 aromatic carbocycles. The summed E-state index contributed by atoms with van der Waals surface area (Å²) in [5.41, 5.74) is 0. The Bertz CT molecular complexity index is 206. The van der Waals surface area contributed by atoms with E-state index in [0.717, 1.165) is 0 Å². The van der Waals surface area contributed by atoms with Crippen LogP contribution in [-0.4, -0.2) is 0 Å². The van der Waals surface area contributed by atoms with Gasteiger partial charge in [-0.25, -0.2) is 0 Å². The first kappa shape index (κ1) is 11.4. The second kappa shape index (κ2) is 4.48. The van der Waals surface area contributed by atoms with E-state index in [9.17, 15) is 0 Å². The molecule has 10 heavy (non-hydrogen) atoms. The van der Waals surface area contributed by atoms with Crippen LogP contribution in [0, 0.1) is 38.9 Å². The third-order valence-corrected chi connectivity index (χ3v) is 3.47. The topological polar surface area (TPSA) is 132 Å². The van der Waals surface area contributed by atoms with E-state index < -0.39 is 16.1 Å². The summed E-state index contributed by atoms with van der Waals surface area (Å²) in [6.45, 7) is 0. The molecule has 5 nitrogen and oxygen atoms in total. The molecule has 0 saturated heterocycles. The van der Waals surface area contributed by atoms with Gasteiger partial charge >= 0.3 is 54.9 Å². The van der Waals surface area contributed by atoms with Crippen LogP contribution in [0.25, 0.3) is 0 Å². The van der Waals surface area contributed by atoms with Crippen LogP contribution in [0.4, 0.5) is 0 Å². The average Bonchev–Trinajstić information content (AvgIpc) is 1.95. The molecule has 0 atom stereocenters. The van der Waals surface area contributed by atoms with Gasteiger partial charge in [-0.05, 0) is 0 Å². The minimum atomic E-state index is -3.88. The van der Waals surface area contributed by atoms with Gasteiger partial charge in [0.15, 0.2) is 0 Å². The fourth-order valence-electron chi connectivity index (χ4n) is 0.0949. The van der Waals surface area contributed by atoms with Crippen molar-refractivity contribution in [1.82, 2.24) is 6.15 Å². The molecule has 0 amide bonds. The Labute approximate surface area is 61.5 Å². The molecule has 0 heterocycles. The van der Waals surface area contributed by atoms with Gasteiger partial charge in [0.1, 0.15) is 0 Å². The van der Waals surface area contributed by atoms with Gasteiger partial charge in [-0.1, -0.05) is 0 Å². The molecule has 0 rings (SSSR count). The van der Waals surface area contributed by atoms with E-state index in [1.807, 2.05) is 0 Å². The van der Waals surface area contributed by atoms with Gasteiger partial charge in [-0.15, -0.1) is 0 Å². The number of hydrogen-bond donors (Lipinski definition) is 1. The summed E-state index contributed by atoms with van der Waals surface area (Å²) >= 11 is -3.88. The molecule has 0 saturated carbocycles. The number of quaternary nitrogens is 1. The normalized spacial score (nSPS) is 8.40. The fraction of sp³-hybridized carbons (Fsp3) is 0. The Kier molecular flexibility index (Phi) is 5.12. The predicted octanol–water partition coefficient (Wildman–Crippen LogP) is 0.441. The van der Waals surface area contributed by atoms with Gasteiger partial charge < -0.3 is 6.15 Å². The van der Waals surface area contributed by atoms with Crippen molar-refractivity contribution < 1.29 is 16.1 Å². The first-order chi connectivity index (χ1) is 4.24. The molecule has 0 unspecified atom stereocenters. The number of nitriles is 4. The summed E-state index contributed by atoms with van der Waals surface area (Å²) in [7, 11) is 0. The Morgan fingerprint density at radius 1 is 0.700 bits per heavy atom. The Hall–Kier alpha value is -1.39. The predicted molar refractivity (Wildman–Crippen MR) is 28.4 cm³/mol. The van der Waals surface area contributed by atoms with Crippen molar-refractivity contribution in [1.29, 1.82) is 21.0 Å². The summed E-state index contributed by atoms with van der Waals surface area (Å²) in [6.07, 6.45) is 0. The monoisotopic (exact) mass is 317 g/mol. The first-order valence-electron chi connectivity index (χ1n) is 1.53. The van der Waals surface area contributed by atoms with E-state index in [1.165, 1.54) is 17.8 Å². The van der Waals surface area contributed by atoms with Gasteiger partial charge in [0.25, 0.3) is 0 Å². The van der Waals surface area contributed by atoms with Crippen LogP contribution in [0.5, 0.6) is 0 Å². The van der Waals surface area contributed by atoms with Gasteiger partial charge in [0.2, 0.25) is 0 Å². The minimum absolute atomic E-state index is 0. The number of rotatable bonds is 0. The van der Waals surface area contributed by atoms with Crippen molar-refractivity contribution in [2.75, 3.05) is 0 Å². The van der Waals surface area contributed by atoms with Crippen LogP contribution >= 0.6 is 0 Å². The smallest absolute Gasteiger partial charge is 0.369 e. The van der Waals surface area contributed by atoms with E-state index in [0.29, 0.717) is 0 Å². The quantitative estimate of drug-likeness (QED) is 0.694. The number of hydrogen-bond acceptors (Lipinski definition) is 4. The fourth-order valence-corrected chi connectivity index (χ4v) is 0.777. The second-order valence-electron chi connectivity index (χ2n) is 0.757. The molecule has 0 aliphatic rings. The summed E-state index contributed by atoms with van der Waals surface area (Å²) in [4.78, 5) is 0. The molecule has 0 aliphatic carbocycles. The maximum atomic E-state index is 8.14. The molecule has 0 radical (unpaired) electrons. The van der Waals surface area contributed by atoms with E-state index >= 15 is 0 Å². The summed E-state index contributed by atoms with van der Waals surface area (Å²) in [5, 5.41) is 32.6. The van der Waals surface area contributed by atoms with Crippen LogP contribution < -0.4 is 6.15 Å². The van der Waals surface area contributed by atoms with Crippen molar-refractivity contribution in [3.63, 3.8) is 0 Å². The Morgan fingerprint density at radius 2 is 0.900 bits per heavy atom. The van der Waals surface area contributed by atoms with Crippen LogP contribution in [0.2, 0.25) is 0 Å². The standard InChI is InChI=1S/4CN.H3N.Pt/c4*1-2;;/h;;;;1H3;/q;;;;;-1/p+1. The molecule has 6 heteroatoms. The maximum Gasteiger partial charge on any atom is -0.369 e. The van der Waals surface area contributed by atoms with Crippen LogP contribution in [0.3, 0.4) is 0 Å². The molecule has 0 bridgehead atoms. The number of nitrogens with zero attached hydrogens (tertiary/aromatic N) is 4. The molecular formula is C4H4N5Pt. The van der Waals surface area contributed by atoms with E-state index in [-0.39, 0.29) is 6.15 Å². The van der Waals surface area contributed by atoms with Gasteiger partial charge in [0.05, 0.1) is 0 Å². The molecule has 0 aliphatic heterocycles. The SMILES string of the molecule is N#[C][Pt-]([C]#N)([C]#N)[C]#N.[NH4+].